The van der Waals surface area contributed by atoms with Gasteiger partial charge in [0.15, 0.2) is 0 Å². The van der Waals surface area contributed by atoms with Crippen LogP contribution in [-0.2, 0) is 10.8 Å². The van der Waals surface area contributed by atoms with Gasteiger partial charge in [-0.25, -0.2) is 0 Å². The molecule has 1 N–H and O–H groups in total. The van der Waals surface area contributed by atoms with Crippen LogP contribution in [0.2, 0.25) is 0 Å². The molecule has 2 atom stereocenters. The van der Waals surface area contributed by atoms with Gasteiger partial charge in [-0.15, -0.1) is 11.8 Å². The lowest BCUT2D eigenvalue weighted by Crippen LogP contribution is -2.21. The molecule has 2 nitrogen and oxygen atoms in total. The largest absolute Gasteiger partial charge is 0.310 e. The average Bonchev–Trinajstić information content (AvgIpc) is 2.34. The molecule has 0 saturated heterocycles. The monoisotopic (exact) mass is 271 g/mol. The van der Waals surface area contributed by atoms with E-state index in [0.717, 1.165) is 18.7 Å². The number of hydrogen-bond acceptors (Lipinski definition) is 3. The van der Waals surface area contributed by atoms with Crippen molar-refractivity contribution in [3.63, 3.8) is 0 Å². The van der Waals surface area contributed by atoms with Crippen LogP contribution in [0, 0.1) is 0 Å². The van der Waals surface area contributed by atoms with E-state index in [9.17, 15) is 4.21 Å². The Morgan fingerprint density at radius 2 is 2.00 bits per heavy atom. The Balaban J connectivity index is 2.35. The second-order valence-corrected chi connectivity index (χ2v) is 6.51. The van der Waals surface area contributed by atoms with Gasteiger partial charge in [-0.3, -0.25) is 4.21 Å². The van der Waals surface area contributed by atoms with Crippen molar-refractivity contribution in [1.82, 2.24) is 5.32 Å². The van der Waals surface area contributed by atoms with Crippen LogP contribution in [0.1, 0.15) is 24.9 Å². The lowest BCUT2D eigenvalue weighted by atomic mass is 10.1. The molecule has 1 aromatic rings. The highest BCUT2D eigenvalue weighted by atomic mass is 32.2. The summed E-state index contributed by atoms with van der Waals surface area (Å²) in [4.78, 5) is 1.29. The number of rotatable bonds is 7. The summed E-state index contributed by atoms with van der Waals surface area (Å²) in [5, 5.41) is 3.45. The molecule has 0 aromatic heterocycles. The standard InChI is InChI=1S/C13H21NOS2/c1-11(14-9-4-10-17(3)15)12-5-7-13(16-2)8-6-12/h5-8,11,14H,4,9-10H2,1-3H3. The summed E-state index contributed by atoms with van der Waals surface area (Å²) in [6.45, 7) is 3.09. The summed E-state index contributed by atoms with van der Waals surface area (Å²) in [5.74, 6) is 0.783. The predicted octanol–water partition coefficient (Wildman–Crippen LogP) is 2.83. The van der Waals surface area contributed by atoms with Crippen molar-refractivity contribution in [2.75, 3.05) is 24.8 Å². The highest BCUT2D eigenvalue weighted by molar-refractivity contribution is 7.98. The Labute approximate surface area is 111 Å². The summed E-state index contributed by atoms with van der Waals surface area (Å²) in [6, 6.07) is 9.00. The topological polar surface area (TPSA) is 29.1 Å². The van der Waals surface area contributed by atoms with Gasteiger partial charge in [0, 0.05) is 33.7 Å². The van der Waals surface area contributed by atoms with Gasteiger partial charge in [0.05, 0.1) is 0 Å². The minimum atomic E-state index is -0.672. The predicted molar refractivity (Wildman–Crippen MR) is 78.2 cm³/mol. The minimum Gasteiger partial charge on any atom is -0.310 e. The van der Waals surface area contributed by atoms with E-state index in [1.807, 2.05) is 0 Å². The third-order valence-corrected chi connectivity index (χ3v) is 4.28. The molecule has 1 aromatic carbocycles. The molecule has 2 unspecified atom stereocenters. The van der Waals surface area contributed by atoms with Gasteiger partial charge in [0.1, 0.15) is 0 Å². The first kappa shape index (κ1) is 14.7. The van der Waals surface area contributed by atoms with Crippen LogP contribution < -0.4 is 5.32 Å². The summed E-state index contributed by atoms with van der Waals surface area (Å²) < 4.78 is 10.9. The molecule has 4 heteroatoms. The zero-order valence-corrected chi connectivity index (χ0v) is 12.4. The number of hydrogen-bond donors (Lipinski definition) is 1. The normalized spacial score (nSPS) is 14.5. The van der Waals surface area contributed by atoms with E-state index in [1.165, 1.54) is 10.5 Å². The van der Waals surface area contributed by atoms with Crippen molar-refractivity contribution < 1.29 is 4.21 Å². The summed E-state index contributed by atoms with van der Waals surface area (Å²) in [6.07, 6.45) is 4.81. The van der Waals surface area contributed by atoms with E-state index in [1.54, 1.807) is 18.0 Å². The lowest BCUT2D eigenvalue weighted by molar-refractivity contribution is 0.570. The average molecular weight is 271 g/mol. The second kappa shape index (κ2) is 7.90. The third-order valence-electron chi connectivity index (χ3n) is 2.67. The maximum Gasteiger partial charge on any atom is 0.0291 e. The Hall–Kier alpha value is -0.320. The van der Waals surface area contributed by atoms with Crippen LogP contribution in [0.4, 0.5) is 0 Å². The second-order valence-electron chi connectivity index (χ2n) is 4.08. The van der Waals surface area contributed by atoms with Gasteiger partial charge in [-0.1, -0.05) is 12.1 Å². The minimum absolute atomic E-state index is 0.358. The van der Waals surface area contributed by atoms with Gasteiger partial charge >= 0.3 is 0 Å². The van der Waals surface area contributed by atoms with Gasteiger partial charge < -0.3 is 5.32 Å². The highest BCUT2D eigenvalue weighted by Crippen LogP contribution is 2.18. The van der Waals surface area contributed by atoms with Crippen LogP contribution in [0.15, 0.2) is 29.2 Å². The van der Waals surface area contributed by atoms with Gasteiger partial charge in [0.2, 0.25) is 0 Å². The maximum absolute atomic E-state index is 10.9. The fourth-order valence-corrected chi connectivity index (χ4v) is 2.56. The summed E-state index contributed by atoms with van der Waals surface area (Å²) >= 11 is 1.76. The molecular formula is C13H21NOS2. The maximum atomic E-state index is 10.9. The van der Waals surface area contributed by atoms with E-state index in [0.29, 0.717) is 6.04 Å². The molecule has 0 spiro atoms. The van der Waals surface area contributed by atoms with E-state index in [-0.39, 0.29) is 0 Å². The van der Waals surface area contributed by atoms with Crippen molar-refractivity contribution in [1.29, 1.82) is 0 Å². The molecule has 1 rings (SSSR count). The Bertz CT molecular complexity index is 351. The molecule has 0 aliphatic carbocycles. The van der Waals surface area contributed by atoms with Crippen molar-refractivity contribution in [3.8, 4) is 0 Å². The Kier molecular flexibility index (Phi) is 6.85. The van der Waals surface area contributed by atoms with Crippen molar-refractivity contribution in [2.45, 2.75) is 24.3 Å². The number of nitrogens with one attached hydrogen (secondary N) is 1. The lowest BCUT2D eigenvalue weighted by Gasteiger charge is -2.14. The number of thioether (sulfide) groups is 1. The molecule has 0 radical (unpaired) electrons. The van der Waals surface area contributed by atoms with E-state index in [4.69, 9.17) is 0 Å². The fraction of sp³-hybridized carbons (Fsp3) is 0.538. The third kappa shape index (κ3) is 5.70. The highest BCUT2D eigenvalue weighted by Gasteiger charge is 2.04. The zero-order valence-electron chi connectivity index (χ0n) is 10.7. The summed E-state index contributed by atoms with van der Waals surface area (Å²) in [7, 11) is -0.672. The zero-order chi connectivity index (χ0) is 12.7. The molecule has 96 valence electrons. The first-order chi connectivity index (χ1) is 8.13. The first-order valence-electron chi connectivity index (χ1n) is 5.81. The Morgan fingerprint density at radius 1 is 1.35 bits per heavy atom. The molecule has 0 aliphatic heterocycles. The van der Waals surface area contributed by atoms with Gasteiger partial charge in [-0.2, -0.15) is 0 Å². The van der Waals surface area contributed by atoms with Gasteiger partial charge in [0.25, 0.3) is 0 Å². The fourth-order valence-electron chi connectivity index (χ4n) is 1.60. The molecule has 0 heterocycles. The SMILES string of the molecule is CSc1ccc(C(C)NCCCS(C)=O)cc1. The van der Waals surface area contributed by atoms with Crippen molar-refractivity contribution in [2.24, 2.45) is 0 Å². The van der Waals surface area contributed by atoms with Crippen LogP contribution in [-0.4, -0.2) is 29.0 Å². The molecule has 0 saturated carbocycles. The summed E-state index contributed by atoms with van der Waals surface area (Å²) in [5.41, 5.74) is 1.31. The quantitative estimate of drug-likeness (QED) is 0.611. The molecule has 0 fully saturated rings. The van der Waals surface area contributed by atoms with Crippen LogP contribution >= 0.6 is 11.8 Å². The van der Waals surface area contributed by atoms with Crippen molar-refractivity contribution >= 4 is 22.6 Å². The molecular weight excluding hydrogens is 250 g/mol. The Morgan fingerprint density at radius 3 is 2.53 bits per heavy atom. The molecule has 0 aliphatic rings. The van der Waals surface area contributed by atoms with Crippen LogP contribution in [0.25, 0.3) is 0 Å². The van der Waals surface area contributed by atoms with Gasteiger partial charge in [-0.05, 0) is 43.8 Å². The molecule has 17 heavy (non-hydrogen) atoms. The van der Waals surface area contributed by atoms with E-state index < -0.39 is 10.8 Å². The van der Waals surface area contributed by atoms with Crippen LogP contribution in [0.3, 0.4) is 0 Å². The number of benzene rings is 1. The van der Waals surface area contributed by atoms with Crippen molar-refractivity contribution in [3.05, 3.63) is 29.8 Å². The first-order valence-corrected chi connectivity index (χ1v) is 8.76. The van der Waals surface area contributed by atoms with Crippen LogP contribution in [0.5, 0.6) is 0 Å². The van der Waals surface area contributed by atoms with E-state index >= 15 is 0 Å². The molecule has 0 bridgehead atoms. The van der Waals surface area contributed by atoms with E-state index in [2.05, 4.69) is 42.8 Å². The molecule has 0 amide bonds. The smallest absolute Gasteiger partial charge is 0.0291 e.